The Kier molecular flexibility index (Phi) is 5.17. The van der Waals surface area contributed by atoms with E-state index in [1.54, 1.807) is 0 Å². The molecule has 0 radical (unpaired) electrons. The summed E-state index contributed by atoms with van der Waals surface area (Å²) in [6.45, 7) is 3.19. The molecule has 21 heavy (non-hydrogen) atoms. The molecular formula is C16H25F2N3. The minimum absolute atomic E-state index is 0.106. The van der Waals surface area contributed by atoms with Crippen molar-refractivity contribution in [3.8, 4) is 0 Å². The van der Waals surface area contributed by atoms with Crippen molar-refractivity contribution in [2.45, 2.75) is 38.3 Å². The van der Waals surface area contributed by atoms with Gasteiger partial charge in [-0.1, -0.05) is 0 Å². The molecule has 0 spiro atoms. The number of rotatable bonds is 4. The van der Waals surface area contributed by atoms with Crippen molar-refractivity contribution >= 4 is 5.69 Å². The number of benzene rings is 1. The third-order valence-corrected chi connectivity index (χ3v) is 4.08. The van der Waals surface area contributed by atoms with Crippen molar-refractivity contribution in [1.29, 1.82) is 0 Å². The van der Waals surface area contributed by atoms with Crippen molar-refractivity contribution < 1.29 is 8.78 Å². The average Bonchev–Trinajstić information content (AvgIpc) is 2.37. The maximum absolute atomic E-state index is 14.3. The van der Waals surface area contributed by atoms with Crippen LogP contribution in [0.1, 0.15) is 25.3 Å². The number of nitrogens with two attached hydrogens (primary N) is 1. The van der Waals surface area contributed by atoms with Gasteiger partial charge < -0.3 is 15.5 Å². The predicted molar refractivity (Wildman–Crippen MR) is 82.6 cm³/mol. The molecule has 1 aromatic rings. The van der Waals surface area contributed by atoms with Crippen molar-refractivity contribution in [1.82, 2.24) is 4.90 Å². The Morgan fingerprint density at radius 2 is 1.95 bits per heavy atom. The summed E-state index contributed by atoms with van der Waals surface area (Å²) in [5, 5.41) is 0. The van der Waals surface area contributed by atoms with Gasteiger partial charge in [0.05, 0.1) is 0 Å². The van der Waals surface area contributed by atoms with Crippen LogP contribution in [0.25, 0.3) is 0 Å². The van der Waals surface area contributed by atoms with Gasteiger partial charge in [0, 0.05) is 25.2 Å². The van der Waals surface area contributed by atoms with Gasteiger partial charge in [-0.05, 0) is 58.0 Å². The normalized spacial score (nSPS) is 20.9. The Bertz CT molecular complexity index is 465. The largest absolute Gasteiger partial charge is 0.365 e. The third-order valence-electron chi connectivity index (χ3n) is 4.08. The van der Waals surface area contributed by atoms with Crippen LogP contribution in [0.3, 0.4) is 0 Å². The van der Waals surface area contributed by atoms with E-state index in [1.807, 2.05) is 25.9 Å². The van der Waals surface area contributed by atoms with Crippen LogP contribution in [0, 0.1) is 11.6 Å². The van der Waals surface area contributed by atoms with Crippen LogP contribution in [0.2, 0.25) is 0 Å². The summed E-state index contributed by atoms with van der Waals surface area (Å²) in [5.74, 6) is -0.963. The summed E-state index contributed by atoms with van der Waals surface area (Å²) in [6.07, 6.45) is 2.49. The molecule has 1 fully saturated rings. The smallest absolute Gasteiger partial charge is 0.149 e. The Morgan fingerprint density at radius 1 is 1.33 bits per heavy atom. The molecule has 2 atom stereocenters. The Morgan fingerprint density at radius 3 is 2.48 bits per heavy atom. The van der Waals surface area contributed by atoms with E-state index in [1.165, 1.54) is 12.1 Å². The van der Waals surface area contributed by atoms with Gasteiger partial charge in [-0.2, -0.15) is 0 Å². The Hall–Kier alpha value is -1.20. The van der Waals surface area contributed by atoms with Crippen LogP contribution in [0.15, 0.2) is 12.1 Å². The lowest BCUT2D eigenvalue weighted by atomic mass is 10.0. The standard InChI is InChI=1S/C16H25F2N3/c1-11(19)7-12-8-14(17)16(15(18)9-12)21-6-4-5-13(10-21)20(2)3/h8-9,11,13H,4-7,10,19H2,1-3H3. The molecule has 2 unspecified atom stereocenters. The van der Waals surface area contributed by atoms with Crippen molar-refractivity contribution in [2.24, 2.45) is 5.73 Å². The molecule has 0 aromatic heterocycles. The molecule has 5 heteroatoms. The zero-order chi connectivity index (χ0) is 15.6. The third kappa shape index (κ3) is 3.92. The van der Waals surface area contributed by atoms with Crippen LogP contribution in [0.5, 0.6) is 0 Å². The molecule has 0 saturated carbocycles. The number of nitrogens with zero attached hydrogens (tertiary/aromatic N) is 2. The van der Waals surface area contributed by atoms with Gasteiger partial charge in [0.1, 0.15) is 17.3 Å². The summed E-state index contributed by atoms with van der Waals surface area (Å²) in [7, 11) is 4.01. The van der Waals surface area contributed by atoms with Gasteiger partial charge in [0.2, 0.25) is 0 Å². The molecule has 3 nitrogen and oxygen atoms in total. The molecular weight excluding hydrogens is 272 g/mol. The summed E-state index contributed by atoms with van der Waals surface area (Å²) in [6, 6.07) is 3.06. The van der Waals surface area contributed by atoms with Gasteiger partial charge in [0.25, 0.3) is 0 Å². The molecule has 2 N–H and O–H groups in total. The van der Waals surface area contributed by atoms with Gasteiger partial charge >= 0.3 is 0 Å². The van der Waals surface area contributed by atoms with Crippen LogP contribution < -0.4 is 10.6 Å². The van der Waals surface area contributed by atoms with E-state index < -0.39 is 11.6 Å². The Labute approximate surface area is 125 Å². The summed E-state index contributed by atoms with van der Waals surface area (Å²) in [5.41, 5.74) is 6.42. The van der Waals surface area contributed by atoms with E-state index in [9.17, 15) is 8.78 Å². The first-order valence-electron chi connectivity index (χ1n) is 7.53. The van der Waals surface area contributed by atoms with Gasteiger partial charge in [0.15, 0.2) is 0 Å². The van der Waals surface area contributed by atoms with Gasteiger partial charge in [-0.15, -0.1) is 0 Å². The zero-order valence-electron chi connectivity index (χ0n) is 13.1. The second-order valence-electron chi connectivity index (χ2n) is 6.30. The quantitative estimate of drug-likeness (QED) is 0.926. The molecule has 1 heterocycles. The lowest BCUT2D eigenvalue weighted by Gasteiger charge is -2.37. The molecule has 118 valence electrons. The van der Waals surface area contributed by atoms with Gasteiger partial charge in [-0.3, -0.25) is 0 Å². The summed E-state index contributed by atoms with van der Waals surface area (Å²) in [4.78, 5) is 3.95. The maximum atomic E-state index is 14.3. The first kappa shape index (κ1) is 16.2. The number of halogens is 2. The fourth-order valence-electron chi connectivity index (χ4n) is 2.99. The highest BCUT2D eigenvalue weighted by Gasteiger charge is 2.26. The van der Waals surface area contributed by atoms with Crippen LogP contribution in [0.4, 0.5) is 14.5 Å². The van der Waals surface area contributed by atoms with E-state index in [2.05, 4.69) is 4.90 Å². The summed E-state index contributed by atoms with van der Waals surface area (Å²) < 4.78 is 28.7. The fraction of sp³-hybridized carbons (Fsp3) is 0.625. The topological polar surface area (TPSA) is 32.5 Å². The van der Waals surface area contributed by atoms with Crippen molar-refractivity contribution in [2.75, 3.05) is 32.1 Å². The number of anilines is 1. The van der Waals surface area contributed by atoms with Crippen molar-refractivity contribution in [3.05, 3.63) is 29.3 Å². The highest BCUT2D eigenvalue weighted by molar-refractivity contribution is 5.51. The highest BCUT2D eigenvalue weighted by Crippen LogP contribution is 2.28. The van der Waals surface area contributed by atoms with E-state index in [-0.39, 0.29) is 11.7 Å². The fourth-order valence-corrected chi connectivity index (χ4v) is 2.99. The number of likely N-dealkylation sites (N-methyl/N-ethyl adjacent to an activating group) is 1. The first-order valence-corrected chi connectivity index (χ1v) is 7.53. The number of piperidine rings is 1. The second-order valence-corrected chi connectivity index (χ2v) is 6.30. The van der Waals surface area contributed by atoms with Crippen LogP contribution in [-0.4, -0.2) is 44.2 Å². The lowest BCUT2D eigenvalue weighted by molar-refractivity contribution is 0.256. The minimum Gasteiger partial charge on any atom is -0.365 e. The molecule has 2 rings (SSSR count). The maximum Gasteiger partial charge on any atom is 0.149 e. The van der Waals surface area contributed by atoms with E-state index in [0.717, 1.165) is 12.8 Å². The predicted octanol–water partition coefficient (Wildman–Crippen LogP) is 2.38. The van der Waals surface area contributed by atoms with Crippen LogP contribution in [-0.2, 0) is 6.42 Å². The molecule has 1 saturated heterocycles. The molecule has 1 aromatic carbocycles. The van der Waals surface area contributed by atoms with E-state index in [4.69, 9.17) is 5.73 Å². The second kappa shape index (κ2) is 6.71. The highest BCUT2D eigenvalue weighted by atomic mass is 19.1. The number of hydrogen-bond acceptors (Lipinski definition) is 3. The summed E-state index contributed by atoms with van der Waals surface area (Å²) >= 11 is 0. The molecule has 0 aliphatic carbocycles. The first-order chi connectivity index (χ1) is 9.88. The van der Waals surface area contributed by atoms with E-state index in [0.29, 0.717) is 31.1 Å². The molecule has 0 amide bonds. The SMILES string of the molecule is CC(N)Cc1cc(F)c(N2CCCC(N(C)C)C2)c(F)c1. The van der Waals surface area contributed by atoms with Crippen molar-refractivity contribution in [3.63, 3.8) is 0 Å². The van der Waals surface area contributed by atoms with E-state index >= 15 is 0 Å². The zero-order valence-corrected chi connectivity index (χ0v) is 13.1. The monoisotopic (exact) mass is 297 g/mol. The number of hydrogen-bond donors (Lipinski definition) is 1. The van der Waals surface area contributed by atoms with Gasteiger partial charge in [-0.25, -0.2) is 8.78 Å². The minimum atomic E-state index is -0.481. The molecule has 1 aliphatic heterocycles. The molecule has 0 bridgehead atoms. The molecule has 1 aliphatic rings. The average molecular weight is 297 g/mol. The lowest BCUT2D eigenvalue weighted by Crippen LogP contribution is -2.45. The van der Waals surface area contributed by atoms with Crippen LogP contribution >= 0.6 is 0 Å². The Balaban J connectivity index is 2.23.